The third kappa shape index (κ3) is 6.57. The zero-order valence-electron chi connectivity index (χ0n) is 21.4. The maximum Gasteiger partial charge on any atom is 0.176 e. The van der Waals surface area contributed by atoms with E-state index in [-0.39, 0.29) is 0 Å². The summed E-state index contributed by atoms with van der Waals surface area (Å²) in [5.74, 6) is 0. The number of benzene rings is 3. The number of pyridine rings is 2. The van der Waals surface area contributed by atoms with Crippen molar-refractivity contribution in [2.75, 3.05) is 0 Å². The summed E-state index contributed by atoms with van der Waals surface area (Å²) < 4.78 is 4.68. The van der Waals surface area contributed by atoms with Gasteiger partial charge in [-0.2, -0.15) is 0 Å². The molecule has 0 spiro atoms. The molecule has 0 saturated heterocycles. The molecule has 0 aliphatic heterocycles. The first-order valence-electron chi connectivity index (χ1n) is 13.7. The van der Waals surface area contributed by atoms with Gasteiger partial charge >= 0.3 is 0 Å². The van der Waals surface area contributed by atoms with Crippen molar-refractivity contribution in [1.82, 2.24) is 0 Å². The van der Waals surface area contributed by atoms with E-state index in [1.807, 2.05) is 0 Å². The number of hydrogen-bond acceptors (Lipinski definition) is 0. The van der Waals surface area contributed by atoms with Gasteiger partial charge in [-0.05, 0) is 72.6 Å². The summed E-state index contributed by atoms with van der Waals surface area (Å²) >= 11 is 0. The predicted molar refractivity (Wildman–Crippen MR) is 150 cm³/mol. The van der Waals surface area contributed by atoms with E-state index in [0.717, 1.165) is 13.1 Å². The van der Waals surface area contributed by atoms with Gasteiger partial charge in [0, 0.05) is 35.7 Å². The fraction of sp³-hybridized carbons (Fsp3) is 0.294. The number of aryl methyl sites for hydroxylation is 4. The smallest absolute Gasteiger partial charge is 0.176 e. The average molecular weight is 475 g/mol. The van der Waals surface area contributed by atoms with Crippen LogP contribution in [0, 0.1) is 0 Å². The van der Waals surface area contributed by atoms with Crippen LogP contribution in [0.4, 0.5) is 0 Å². The van der Waals surface area contributed by atoms with E-state index in [1.54, 1.807) is 11.1 Å². The monoisotopic (exact) mass is 474 g/mol. The minimum atomic E-state index is 1.10. The largest absolute Gasteiger partial charge is 0.205 e. The lowest BCUT2D eigenvalue weighted by Crippen LogP contribution is -2.32. The Kier molecular flexibility index (Phi) is 8.36. The van der Waals surface area contributed by atoms with Crippen LogP contribution in [-0.2, 0) is 25.9 Å². The molecule has 0 saturated carbocycles. The van der Waals surface area contributed by atoms with Crippen LogP contribution in [0.5, 0.6) is 0 Å². The molecule has 2 nitrogen and oxygen atoms in total. The summed E-state index contributed by atoms with van der Waals surface area (Å²) in [6.45, 7) is 2.20. The van der Waals surface area contributed by atoms with Gasteiger partial charge < -0.3 is 0 Å². The third-order valence-corrected chi connectivity index (χ3v) is 7.34. The first-order chi connectivity index (χ1) is 17.8. The summed E-state index contributed by atoms with van der Waals surface area (Å²) in [6, 6.07) is 30.8. The molecule has 2 heterocycles. The lowest BCUT2D eigenvalue weighted by molar-refractivity contribution is -0.696. The molecular weight excluding hydrogens is 436 g/mol. The number of rotatable bonds is 12. The van der Waals surface area contributed by atoms with Crippen molar-refractivity contribution in [3.05, 3.63) is 121 Å². The summed E-state index contributed by atoms with van der Waals surface area (Å²) in [5.41, 5.74) is 3.11. The number of fused-ring (bicyclic) bond motifs is 2. The summed E-state index contributed by atoms with van der Waals surface area (Å²) in [5, 5.41) is 5.28. The second kappa shape index (κ2) is 12.4. The van der Waals surface area contributed by atoms with E-state index < -0.39 is 0 Å². The van der Waals surface area contributed by atoms with Gasteiger partial charge in [-0.15, -0.1) is 0 Å². The molecule has 0 aliphatic rings. The highest BCUT2D eigenvalue weighted by molar-refractivity contribution is 5.80. The van der Waals surface area contributed by atoms with Crippen molar-refractivity contribution < 1.29 is 9.13 Å². The first-order valence-corrected chi connectivity index (χ1v) is 13.7. The van der Waals surface area contributed by atoms with E-state index in [2.05, 4.69) is 119 Å². The maximum atomic E-state index is 2.35. The molecule has 0 bridgehead atoms. The molecule has 2 heteroatoms. The molecule has 0 radical (unpaired) electrons. The Hall–Kier alpha value is -3.52. The van der Waals surface area contributed by atoms with Crippen LogP contribution in [0.2, 0.25) is 0 Å². The Labute approximate surface area is 215 Å². The highest BCUT2D eigenvalue weighted by Gasteiger charge is 2.06. The quantitative estimate of drug-likeness (QED) is 0.131. The van der Waals surface area contributed by atoms with E-state index in [0.29, 0.717) is 0 Å². The second-order valence-corrected chi connectivity index (χ2v) is 10.0. The van der Waals surface area contributed by atoms with E-state index >= 15 is 0 Å². The number of nitrogens with zero attached hydrogens (tertiary/aromatic N) is 2. The van der Waals surface area contributed by atoms with Gasteiger partial charge in [0.25, 0.3) is 0 Å². The fourth-order valence-corrected chi connectivity index (χ4v) is 5.25. The van der Waals surface area contributed by atoms with Gasteiger partial charge in [-0.25, -0.2) is 9.13 Å². The normalized spacial score (nSPS) is 11.3. The summed E-state index contributed by atoms with van der Waals surface area (Å²) in [6.07, 6.45) is 19.0. The Morgan fingerprint density at radius 1 is 0.389 bits per heavy atom. The lowest BCUT2D eigenvalue weighted by atomic mass is 9.97. The molecule has 0 atom stereocenters. The van der Waals surface area contributed by atoms with Crippen molar-refractivity contribution in [2.45, 2.75) is 64.5 Å². The van der Waals surface area contributed by atoms with Crippen molar-refractivity contribution in [3.8, 4) is 0 Å². The molecule has 0 fully saturated rings. The highest BCUT2D eigenvalue weighted by Crippen LogP contribution is 2.17. The first kappa shape index (κ1) is 24.2. The van der Waals surface area contributed by atoms with Gasteiger partial charge in [0.2, 0.25) is 0 Å². The summed E-state index contributed by atoms with van der Waals surface area (Å²) in [4.78, 5) is 0. The highest BCUT2D eigenvalue weighted by atomic mass is 14.9. The minimum absolute atomic E-state index is 1.10. The molecule has 3 aromatic carbocycles. The van der Waals surface area contributed by atoms with Crippen molar-refractivity contribution in [3.63, 3.8) is 0 Å². The maximum absolute atomic E-state index is 2.35. The van der Waals surface area contributed by atoms with Crippen LogP contribution in [-0.4, -0.2) is 0 Å². The van der Waals surface area contributed by atoms with Gasteiger partial charge in [0.05, 0.1) is 0 Å². The Morgan fingerprint density at radius 2 is 0.806 bits per heavy atom. The van der Waals surface area contributed by atoms with Crippen LogP contribution in [0.25, 0.3) is 21.5 Å². The van der Waals surface area contributed by atoms with Crippen LogP contribution in [0.3, 0.4) is 0 Å². The zero-order valence-corrected chi connectivity index (χ0v) is 21.4. The second-order valence-electron chi connectivity index (χ2n) is 10.0. The molecule has 5 aromatic rings. The number of unbranched alkanes of at least 4 members (excludes halogenated alkanes) is 4. The molecule has 182 valence electrons. The minimum Gasteiger partial charge on any atom is -0.205 e. The van der Waals surface area contributed by atoms with Crippen molar-refractivity contribution >= 4 is 21.5 Å². The Morgan fingerprint density at radius 3 is 1.28 bits per heavy atom. The molecule has 0 N–H and O–H groups in total. The molecule has 0 aliphatic carbocycles. The molecule has 0 unspecified atom stereocenters. The van der Waals surface area contributed by atoms with Crippen LogP contribution in [0.15, 0.2) is 110 Å². The van der Waals surface area contributed by atoms with Crippen molar-refractivity contribution in [2.24, 2.45) is 0 Å². The standard InChI is InChI=1S/C34H38N2/c1(11-23-35-25-21-31-17-7-9-19-33(31)27-35)3-13-29-15-5-6-16-30(29)14-4-2-12-24-36-26-22-32-18-8-10-20-34(32)28-36/h5-10,15-22,25-28H,1-4,11-14,23-24H2/q+2. The lowest BCUT2D eigenvalue weighted by Gasteiger charge is -2.09. The number of hydrogen-bond donors (Lipinski definition) is 0. The Balaban J connectivity index is 1.02. The van der Waals surface area contributed by atoms with Gasteiger partial charge in [0.15, 0.2) is 24.8 Å². The molecule has 2 aromatic heterocycles. The van der Waals surface area contributed by atoms with Crippen LogP contribution < -0.4 is 9.13 Å². The van der Waals surface area contributed by atoms with Crippen LogP contribution in [0.1, 0.15) is 49.7 Å². The van der Waals surface area contributed by atoms with Crippen molar-refractivity contribution in [1.29, 1.82) is 0 Å². The predicted octanol–water partition coefficient (Wildman–Crippen LogP) is 7.39. The number of aromatic nitrogens is 2. The fourth-order valence-electron chi connectivity index (χ4n) is 5.25. The van der Waals surface area contributed by atoms with Gasteiger partial charge in [0.1, 0.15) is 13.1 Å². The summed E-state index contributed by atoms with van der Waals surface area (Å²) in [7, 11) is 0. The molecular formula is C34H38N2+2. The average Bonchev–Trinajstić information content (AvgIpc) is 2.93. The van der Waals surface area contributed by atoms with E-state index in [4.69, 9.17) is 0 Å². The molecule has 5 rings (SSSR count). The van der Waals surface area contributed by atoms with E-state index in [1.165, 1.54) is 72.9 Å². The Bertz CT molecular complexity index is 1300. The van der Waals surface area contributed by atoms with Crippen LogP contribution >= 0.6 is 0 Å². The SMILES string of the molecule is c1ccc(CCCCC[n+]2ccc3ccccc3c2)c(CCCCC[n+]2ccc3ccccc3c2)c1. The van der Waals surface area contributed by atoms with Gasteiger partial charge in [-0.1, -0.05) is 60.7 Å². The molecule has 0 amide bonds. The van der Waals surface area contributed by atoms with E-state index in [9.17, 15) is 0 Å². The third-order valence-electron chi connectivity index (χ3n) is 7.34. The topological polar surface area (TPSA) is 7.76 Å². The molecule has 36 heavy (non-hydrogen) atoms. The zero-order chi connectivity index (χ0) is 24.4. The van der Waals surface area contributed by atoms with Gasteiger partial charge in [-0.3, -0.25) is 0 Å².